The molecule has 1 amide bonds. The molecule has 0 heterocycles. The van der Waals surface area contributed by atoms with Crippen LogP contribution in [0.15, 0.2) is 18.2 Å². The van der Waals surface area contributed by atoms with Gasteiger partial charge in [0.2, 0.25) is 0 Å². The third kappa shape index (κ3) is 4.58. The zero-order valence-electron chi connectivity index (χ0n) is 14.4. The molecule has 1 fully saturated rings. The number of ether oxygens (including phenoxy) is 2. The molecule has 1 aliphatic rings. The number of halogens is 2. The summed E-state index contributed by atoms with van der Waals surface area (Å²) < 4.78 is 34.6. The molecule has 1 aromatic carbocycles. The molecule has 2 rings (SSSR count). The van der Waals surface area contributed by atoms with Crippen LogP contribution in [-0.2, 0) is 0 Å². The Bertz CT molecular complexity index is 565. The van der Waals surface area contributed by atoms with Crippen LogP contribution in [0.1, 0.15) is 50.4 Å². The number of carbonyl (C=O) groups is 1. The topological polar surface area (TPSA) is 47.6 Å². The van der Waals surface area contributed by atoms with E-state index in [2.05, 4.69) is 23.9 Å². The van der Waals surface area contributed by atoms with E-state index in [1.165, 1.54) is 24.6 Å². The number of amides is 1. The second-order valence-electron chi connectivity index (χ2n) is 6.32. The van der Waals surface area contributed by atoms with E-state index in [4.69, 9.17) is 4.74 Å². The average Bonchev–Trinajstić information content (AvgIpc) is 2.53. The largest absolute Gasteiger partial charge is 0.490 e. The van der Waals surface area contributed by atoms with Crippen molar-refractivity contribution in [3.8, 4) is 11.5 Å². The Hall–Kier alpha value is -1.85. The van der Waals surface area contributed by atoms with Gasteiger partial charge in [-0.2, -0.15) is 8.78 Å². The van der Waals surface area contributed by atoms with Gasteiger partial charge < -0.3 is 14.8 Å². The van der Waals surface area contributed by atoms with Crippen LogP contribution in [0.25, 0.3) is 0 Å². The van der Waals surface area contributed by atoms with Crippen LogP contribution in [0.2, 0.25) is 0 Å². The number of hydrogen-bond donors (Lipinski definition) is 1. The van der Waals surface area contributed by atoms with Gasteiger partial charge in [-0.15, -0.1) is 0 Å². The summed E-state index contributed by atoms with van der Waals surface area (Å²) >= 11 is 0. The first-order chi connectivity index (χ1) is 11.4. The fraction of sp³-hybridized carbons (Fsp3) is 0.611. The van der Waals surface area contributed by atoms with Crippen LogP contribution in [-0.4, -0.2) is 25.2 Å². The summed E-state index contributed by atoms with van der Waals surface area (Å²) in [6.45, 7) is 3.45. The van der Waals surface area contributed by atoms with Gasteiger partial charge in [0, 0.05) is 11.6 Å². The zero-order valence-corrected chi connectivity index (χ0v) is 14.4. The van der Waals surface area contributed by atoms with Crippen LogP contribution in [0.3, 0.4) is 0 Å². The minimum Gasteiger partial charge on any atom is -0.490 e. The minimum atomic E-state index is -2.94. The molecule has 0 spiro atoms. The Labute approximate surface area is 141 Å². The summed E-state index contributed by atoms with van der Waals surface area (Å²) in [5.74, 6) is 0.851. The average molecular weight is 341 g/mol. The van der Waals surface area contributed by atoms with Gasteiger partial charge in [0.05, 0.1) is 6.61 Å². The molecule has 3 atom stereocenters. The fourth-order valence-electron chi connectivity index (χ4n) is 3.15. The molecule has 0 bridgehead atoms. The quantitative estimate of drug-likeness (QED) is 0.842. The maximum absolute atomic E-state index is 12.5. The van der Waals surface area contributed by atoms with Crippen LogP contribution in [0.5, 0.6) is 11.5 Å². The summed E-state index contributed by atoms with van der Waals surface area (Å²) in [7, 11) is 0. The van der Waals surface area contributed by atoms with Crippen molar-refractivity contribution < 1.29 is 23.0 Å². The standard InChI is InChI=1S/C18H25F2NO3/c1-4-23-16-10-13(8-9-15(16)24-18(19)20)17(22)21-14-7-5-6-11(2)12(14)3/h8-12,14,18H,4-7H2,1-3H3,(H,21,22)/t11-,12+,14+/m1/s1. The Morgan fingerprint density at radius 2 is 2.04 bits per heavy atom. The van der Waals surface area contributed by atoms with Crippen LogP contribution in [0.4, 0.5) is 8.78 Å². The molecule has 0 aliphatic heterocycles. The van der Waals surface area contributed by atoms with Crippen molar-refractivity contribution in [1.29, 1.82) is 0 Å². The highest BCUT2D eigenvalue weighted by molar-refractivity contribution is 5.95. The van der Waals surface area contributed by atoms with E-state index < -0.39 is 6.61 Å². The molecule has 134 valence electrons. The number of alkyl halides is 2. The third-order valence-corrected chi connectivity index (χ3v) is 4.75. The molecule has 6 heteroatoms. The van der Waals surface area contributed by atoms with Crippen molar-refractivity contribution >= 4 is 5.91 Å². The first kappa shape index (κ1) is 18.5. The van der Waals surface area contributed by atoms with Crippen LogP contribution in [0, 0.1) is 11.8 Å². The van der Waals surface area contributed by atoms with E-state index in [-0.39, 0.29) is 23.4 Å². The summed E-state index contributed by atoms with van der Waals surface area (Å²) in [5.41, 5.74) is 0.380. The first-order valence-corrected chi connectivity index (χ1v) is 8.44. The second kappa shape index (κ2) is 8.31. The van der Waals surface area contributed by atoms with Gasteiger partial charge in [0.15, 0.2) is 11.5 Å². The summed E-state index contributed by atoms with van der Waals surface area (Å²) in [6, 6.07) is 4.41. The number of benzene rings is 1. The maximum atomic E-state index is 12.5. The van der Waals surface area contributed by atoms with E-state index >= 15 is 0 Å². The predicted octanol–water partition coefficient (Wildman–Crippen LogP) is 4.24. The van der Waals surface area contributed by atoms with Crippen molar-refractivity contribution in [1.82, 2.24) is 5.32 Å². The summed E-state index contributed by atoms with van der Waals surface area (Å²) in [4.78, 5) is 12.5. The maximum Gasteiger partial charge on any atom is 0.387 e. The predicted molar refractivity (Wildman–Crippen MR) is 87.7 cm³/mol. The highest BCUT2D eigenvalue weighted by atomic mass is 19.3. The van der Waals surface area contributed by atoms with Crippen LogP contribution < -0.4 is 14.8 Å². The second-order valence-corrected chi connectivity index (χ2v) is 6.32. The smallest absolute Gasteiger partial charge is 0.387 e. The Kier molecular flexibility index (Phi) is 6.40. The van der Waals surface area contributed by atoms with Gasteiger partial charge in [-0.1, -0.05) is 26.7 Å². The molecule has 1 aliphatic carbocycles. The molecule has 24 heavy (non-hydrogen) atoms. The number of nitrogens with one attached hydrogen (secondary N) is 1. The summed E-state index contributed by atoms with van der Waals surface area (Å²) in [6.07, 6.45) is 3.24. The molecule has 0 radical (unpaired) electrons. The Balaban J connectivity index is 2.12. The van der Waals surface area contributed by atoms with E-state index in [0.717, 1.165) is 12.8 Å². The lowest BCUT2D eigenvalue weighted by Crippen LogP contribution is -2.43. The fourth-order valence-corrected chi connectivity index (χ4v) is 3.15. The van der Waals surface area contributed by atoms with Gasteiger partial charge >= 0.3 is 6.61 Å². The molecule has 4 nitrogen and oxygen atoms in total. The molecular weight excluding hydrogens is 316 g/mol. The number of carbonyl (C=O) groups excluding carboxylic acids is 1. The van der Waals surface area contributed by atoms with Crippen molar-refractivity contribution in [3.63, 3.8) is 0 Å². The number of rotatable bonds is 6. The normalized spacial score (nSPS) is 23.8. The van der Waals surface area contributed by atoms with Crippen molar-refractivity contribution in [2.24, 2.45) is 11.8 Å². The SMILES string of the molecule is CCOc1cc(C(=O)N[C@H]2CCC[C@@H](C)[C@@H]2C)ccc1OC(F)F. The highest BCUT2D eigenvalue weighted by Gasteiger charge is 2.28. The lowest BCUT2D eigenvalue weighted by Gasteiger charge is -2.34. The van der Waals surface area contributed by atoms with Crippen LogP contribution >= 0.6 is 0 Å². The van der Waals surface area contributed by atoms with E-state index in [1.807, 2.05) is 0 Å². The minimum absolute atomic E-state index is 0.0666. The van der Waals surface area contributed by atoms with Gasteiger partial charge in [-0.25, -0.2) is 0 Å². The van der Waals surface area contributed by atoms with Gasteiger partial charge in [-0.05, 0) is 43.4 Å². The van der Waals surface area contributed by atoms with Gasteiger partial charge in [0.25, 0.3) is 5.91 Å². The van der Waals surface area contributed by atoms with Gasteiger partial charge in [-0.3, -0.25) is 4.79 Å². The Morgan fingerprint density at radius 3 is 2.71 bits per heavy atom. The highest BCUT2D eigenvalue weighted by Crippen LogP contribution is 2.31. The van der Waals surface area contributed by atoms with Crippen molar-refractivity contribution in [2.45, 2.75) is 52.7 Å². The van der Waals surface area contributed by atoms with E-state index in [1.54, 1.807) is 6.92 Å². The zero-order chi connectivity index (χ0) is 17.7. The third-order valence-electron chi connectivity index (χ3n) is 4.75. The molecule has 0 unspecified atom stereocenters. The molecular formula is C18H25F2NO3. The molecule has 1 aromatic rings. The lowest BCUT2D eigenvalue weighted by molar-refractivity contribution is -0.0514. The lowest BCUT2D eigenvalue weighted by atomic mass is 9.78. The Morgan fingerprint density at radius 1 is 1.29 bits per heavy atom. The summed E-state index contributed by atoms with van der Waals surface area (Å²) in [5, 5.41) is 3.06. The van der Waals surface area contributed by atoms with Gasteiger partial charge in [0.1, 0.15) is 0 Å². The molecule has 0 saturated heterocycles. The molecule has 0 aromatic heterocycles. The molecule has 1 saturated carbocycles. The molecule has 1 N–H and O–H groups in total. The number of hydrogen-bond acceptors (Lipinski definition) is 3. The first-order valence-electron chi connectivity index (χ1n) is 8.44. The van der Waals surface area contributed by atoms with E-state index in [0.29, 0.717) is 24.0 Å². The van der Waals surface area contributed by atoms with Crippen molar-refractivity contribution in [3.05, 3.63) is 23.8 Å². The van der Waals surface area contributed by atoms with E-state index in [9.17, 15) is 13.6 Å². The monoisotopic (exact) mass is 341 g/mol. The van der Waals surface area contributed by atoms with Crippen molar-refractivity contribution in [2.75, 3.05) is 6.61 Å².